The molecule has 0 atom stereocenters. The summed E-state index contributed by atoms with van der Waals surface area (Å²) < 4.78 is 5.87. The van der Waals surface area contributed by atoms with Crippen LogP contribution in [-0.4, -0.2) is 9.97 Å². The Hall–Kier alpha value is -2.59. The van der Waals surface area contributed by atoms with Gasteiger partial charge in [0.05, 0.1) is 5.69 Å². The van der Waals surface area contributed by atoms with Crippen molar-refractivity contribution in [2.24, 2.45) is 0 Å². The molecule has 0 bridgehead atoms. The van der Waals surface area contributed by atoms with Crippen LogP contribution in [0.3, 0.4) is 0 Å². The maximum absolute atomic E-state index is 5.87. The average molecular weight is 298 g/mol. The highest BCUT2D eigenvalue weighted by atomic mass is 35.5. The van der Waals surface area contributed by atoms with Gasteiger partial charge in [0, 0.05) is 6.07 Å². The van der Waals surface area contributed by atoms with E-state index in [0.717, 1.165) is 11.4 Å². The van der Waals surface area contributed by atoms with Crippen molar-refractivity contribution in [3.05, 3.63) is 72.1 Å². The van der Waals surface area contributed by atoms with Crippen molar-refractivity contribution in [1.29, 1.82) is 0 Å². The van der Waals surface area contributed by atoms with Gasteiger partial charge in [-0.3, -0.25) is 0 Å². The van der Waals surface area contributed by atoms with Gasteiger partial charge in [-0.15, -0.1) is 0 Å². The van der Waals surface area contributed by atoms with Gasteiger partial charge in [0.15, 0.2) is 5.75 Å². The van der Waals surface area contributed by atoms with Crippen molar-refractivity contribution in [3.63, 3.8) is 0 Å². The predicted octanol–water partition coefficient (Wildman–Crippen LogP) is 4.67. The lowest BCUT2D eigenvalue weighted by Gasteiger charge is -2.12. The fraction of sp³-hybridized carbons (Fsp3) is 0. The third-order valence-corrected chi connectivity index (χ3v) is 2.96. The molecule has 0 radical (unpaired) electrons. The summed E-state index contributed by atoms with van der Waals surface area (Å²) in [5.41, 5.74) is 0.802. The average Bonchev–Trinajstić information content (AvgIpc) is 2.50. The van der Waals surface area contributed by atoms with Crippen LogP contribution in [0.15, 0.2) is 67.0 Å². The minimum Gasteiger partial charge on any atom is -0.455 e. The molecule has 21 heavy (non-hydrogen) atoms. The van der Waals surface area contributed by atoms with Crippen LogP contribution < -0.4 is 10.1 Å². The van der Waals surface area contributed by atoms with E-state index in [1.807, 2.05) is 54.6 Å². The quantitative estimate of drug-likeness (QED) is 0.711. The molecule has 0 aliphatic rings. The minimum absolute atomic E-state index is 0.383. The Kier molecular flexibility index (Phi) is 3.98. The van der Waals surface area contributed by atoms with E-state index in [1.165, 1.54) is 6.33 Å². The smallest absolute Gasteiger partial charge is 0.150 e. The van der Waals surface area contributed by atoms with E-state index in [4.69, 9.17) is 16.3 Å². The number of anilines is 2. The van der Waals surface area contributed by atoms with Crippen LogP contribution in [0.1, 0.15) is 0 Å². The van der Waals surface area contributed by atoms with E-state index in [-0.39, 0.29) is 0 Å². The normalized spacial score (nSPS) is 10.1. The Morgan fingerprint density at radius 1 is 0.905 bits per heavy atom. The van der Waals surface area contributed by atoms with Crippen LogP contribution in [0.5, 0.6) is 11.5 Å². The number of nitrogens with zero attached hydrogens (tertiary/aromatic N) is 2. The summed E-state index contributed by atoms with van der Waals surface area (Å²) in [6, 6.07) is 18.9. The molecule has 1 heterocycles. The summed E-state index contributed by atoms with van der Waals surface area (Å²) in [5.74, 6) is 2.09. The molecule has 2 aromatic carbocycles. The topological polar surface area (TPSA) is 47.0 Å². The molecule has 0 amide bonds. The molecular formula is C16H12ClN3O. The summed E-state index contributed by atoms with van der Waals surface area (Å²) in [5, 5.41) is 3.56. The molecule has 3 aromatic rings. The molecule has 4 nitrogen and oxygen atoms in total. The molecule has 0 aliphatic heterocycles. The standard InChI is InChI=1S/C16H12ClN3O/c17-15-10-16(19-11-18-15)20-13-8-4-5-9-14(13)21-12-6-2-1-3-7-12/h1-11H,(H,18,19,20). The molecule has 5 heteroatoms. The second-order valence-corrected chi connectivity index (χ2v) is 4.65. The van der Waals surface area contributed by atoms with Crippen LogP contribution in [0.25, 0.3) is 0 Å². The first-order valence-corrected chi connectivity index (χ1v) is 6.75. The van der Waals surface area contributed by atoms with Crippen molar-refractivity contribution < 1.29 is 4.74 Å². The largest absolute Gasteiger partial charge is 0.455 e. The maximum Gasteiger partial charge on any atom is 0.150 e. The summed E-state index contributed by atoms with van der Waals surface area (Å²) >= 11 is 5.86. The van der Waals surface area contributed by atoms with Crippen molar-refractivity contribution in [2.45, 2.75) is 0 Å². The zero-order chi connectivity index (χ0) is 14.5. The fourth-order valence-electron chi connectivity index (χ4n) is 1.81. The third-order valence-electron chi connectivity index (χ3n) is 2.75. The van der Waals surface area contributed by atoms with Crippen molar-refractivity contribution >= 4 is 23.1 Å². The first-order chi connectivity index (χ1) is 10.3. The van der Waals surface area contributed by atoms with Crippen LogP contribution in [-0.2, 0) is 0 Å². The Morgan fingerprint density at radius 2 is 1.67 bits per heavy atom. The first-order valence-electron chi connectivity index (χ1n) is 6.38. The Labute approximate surface area is 127 Å². The number of nitrogens with one attached hydrogen (secondary N) is 1. The Balaban J connectivity index is 1.86. The summed E-state index contributed by atoms with van der Waals surface area (Å²) in [4.78, 5) is 7.98. The summed E-state index contributed by atoms with van der Waals surface area (Å²) in [6.45, 7) is 0. The number of rotatable bonds is 4. The molecule has 1 N–H and O–H groups in total. The van der Waals surface area contributed by atoms with Gasteiger partial charge < -0.3 is 10.1 Å². The first kappa shape index (κ1) is 13.4. The maximum atomic E-state index is 5.87. The minimum atomic E-state index is 0.383. The van der Waals surface area contributed by atoms with Gasteiger partial charge in [-0.25, -0.2) is 9.97 Å². The van der Waals surface area contributed by atoms with Crippen LogP contribution in [0.2, 0.25) is 5.15 Å². The monoisotopic (exact) mass is 297 g/mol. The highest BCUT2D eigenvalue weighted by Gasteiger charge is 2.05. The molecule has 0 saturated carbocycles. The fourth-order valence-corrected chi connectivity index (χ4v) is 1.96. The zero-order valence-corrected chi connectivity index (χ0v) is 11.8. The number of ether oxygens (including phenoxy) is 1. The number of hydrogen-bond acceptors (Lipinski definition) is 4. The number of halogens is 1. The lowest BCUT2D eigenvalue weighted by atomic mass is 10.3. The zero-order valence-electron chi connectivity index (χ0n) is 11.0. The SMILES string of the molecule is Clc1cc(Nc2ccccc2Oc2ccccc2)ncn1. The molecule has 3 rings (SSSR count). The summed E-state index contributed by atoms with van der Waals surface area (Å²) in [6.07, 6.45) is 1.41. The van der Waals surface area contributed by atoms with Gasteiger partial charge in [0.1, 0.15) is 23.0 Å². The summed E-state index contributed by atoms with van der Waals surface area (Å²) in [7, 11) is 0. The van der Waals surface area contributed by atoms with Crippen LogP contribution in [0.4, 0.5) is 11.5 Å². The van der Waals surface area contributed by atoms with Crippen molar-refractivity contribution in [1.82, 2.24) is 9.97 Å². The second-order valence-electron chi connectivity index (χ2n) is 4.26. The lowest BCUT2D eigenvalue weighted by Crippen LogP contribution is -1.96. The number of aromatic nitrogens is 2. The molecule has 0 spiro atoms. The Morgan fingerprint density at radius 3 is 2.48 bits per heavy atom. The van der Waals surface area contributed by atoms with Gasteiger partial charge in [0.25, 0.3) is 0 Å². The molecule has 0 saturated heterocycles. The van der Waals surface area contributed by atoms with Gasteiger partial charge in [0.2, 0.25) is 0 Å². The van der Waals surface area contributed by atoms with Gasteiger partial charge in [-0.1, -0.05) is 41.9 Å². The number of para-hydroxylation sites is 3. The van der Waals surface area contributed by atoms with E-state index in [9.17, 15) is 0 Å². The highest BCUT2D eigenvalue weighted by molar-refractivity contribution is 6.29. The van der Waals surface area contributed by atoms with E-state index in [2.05, 4.69) is 15.3 Å². The van der Waals surface area contributed by atoms with E-state index in [1.54, 1.807) is 6.07 Å². The third kappa shape index (κ3) is 3.49. The van der Waals surface area contributed by atoms with Gasteiger partial charge in [-0.05, 0) is 24.3 Å². The van der Waals surface area contributed by atoms with Gasteiger partial charge >= 0.3 is 0 Å². The van der Waals surface area contributed by atoms with Crippen LogP contribution >= 0.6 is 11.6 Å². The molecule has 0 unspecified atom stereocenters. The van der Waals surface area contributed by atoms with Gasteiger partial charge in [-0.2, -0.15) is 0 Å². The molecule has 0 fully saturated rings. The second kappa shape index (κ2) is 6.24. The van der Waals surface area contributed by atoms with Crippen molar-refractivity contribution in [3.8, 4) is 11.5 Å². The van der Waals surface area contributed by atoms with Crippen molar-refractivity contribution in [2.75, 3.05) is 5.32 Å². The van der Waals surface area contributed by atoms with E-state index >= 15 is 0 Å². The Bertz CT molecular complexity index is 734. The molecular weight excluding hydrogens is 286 g/mol. The van der Waals surface area contributed by atoms with E-state index < -0.39 is 0 Å². The molecule has 104 valence electrons. The molecule has 1 aromatic heterocycles. The molecule has 0 aliphatic carbocycles. The highest BCUT2D eigenvalue weighted by Crippen LogP contribution is 2.31. The number of hydrogen-bond donors (Lipinski definition) is 1. The number of benzene rings is 2. The van der Waals surface area contributed by atoms with Crippen LogP contribution in [0, 0.1) is 0 Å². The lowest BCUT2D eigenvalue weighted by molar-refractivity contribution is 0.485. The van der Waals surface area contributed by atoms with E-state index in [0.29, 0.717) is 16.7 Å². The predicted molar refractivity (Wildman–Crippen MR) is 83.3 cm³/mol.